The predicted molar refractivity (Wildman–Crippen MR) is 64.0 cm³/mol. The van der Waals surface area contributed by atoms with E-state index in [0.717, 1.165) is 11.1 Å². The topological polar surface area (TPSA) is 0 Å². The van der Waals surface area contributed by atoms with Crippen LogP contribution in [0.3, 0.4) is 0 Å². The molecule has 0 aliphatic heterocycles. The summed E-state index contributed by atoms with van der Waals surface area (Å²) in [5.74, 6) is 0.185. The van der Waals surface area contributed by atoms with E-state index in [1.54, 1.807) is 0 Å². The average molecular weight is 193 g/mol. The van der Waals surface area contributed by atoms with E-state index in [1.165, 1.54) is 0 Å². The molecule has 0 spiro atoms. The summed E-state index contributed by atoms with van der Waals surface area (Å²) >= 11 is 0. The predicted octanol–water partition coefficient (Wildman–Crippen LogP) is 4.42. The molecule has 0 aliphatic rings. The molecule has 0 aliphatic carbocycles. The number of benzene rings is 1. The van der Waals surface area contributed by atoms with E-state index in [0.29, 0.717) is 17.6 Å². The molecule has 0 amide bonds. The molecule has 0 radical (unpaired) electrons. The van der Waals surface area contributed by atoms with Gasteiger partial charge in [-0.2, -0.15) is 0 Å². The standard InChI is InChI=1S/C14H22/c1-10(2)13-8-7-12(9-11(13)3)14(4,5)6/h7-10H,1-6H3/i7D,8D,9D. The zero-order valence-electron chi connectivity index (χ0n) is 13.1. The highest BCUT2D eigenvalue weighted by atomic mass is 14.2. The van der Waals surface area contributed by atoms with E-state index < -0.39 is 0 Å². The van der Waals surface area contributed by atoms with Crippen molar-refractivity contribution >= 4 is 0 Å². The highest BCUT2D eigenvalue weighted by Crippen LogP contribution is 2.27. The maximum absolute atomic E-state index is 8.22. The Bertz CT molecular complexity index is 411. The summed E-state index contributed by atoms with van der Waals surface area (Å²) in [5, 5.41) is 0. The first kappa shape index (κ1) is 7.50. The Kier molecular flexibility index (Phi) is 2.02. The molecule has 0 nitrogen and oxygen atoms in total. The van der Waals surface area contributed by atoms with Crippen LogP contribution in [-0.4, -0.2) is 0 Å². The smallest absolute Gasteiger partial charge is 0.0587 e. The second-order valence-corrected chi connectivity index (χ2v) is 5.19. The highest BCUT2D eigenvalue weighted by Gasteiger charge is 2.14. The van der Waals surface area contributed by atoms with E-state index in [9.17, 15) is 0 Å². The fourth-order valence-corrected chi connectivity index (χ4v) is 1.46. The Hall–Kier alpha value is -0.780. The van der Waals surface area contributed by atoms with Crippen LogP contribution in [0.15, 0.2) is 18.1 Å². The first-order valence-corrected chi connectivity index (χ1v) is 5.19. The van der Waals surface area contributed by atoms with Crippen molar-refractivity contribution in [3.63, 3.8) is 0 Å². The molecule has 0 heterocycles. The van der Waals surface area contributed by atoms with Crippen LogP contribution in [0.25, 0.3) is 0 Å². The summed E-state index contributed by atoms with van der Waals surface area (Å²) in [7, 11) is 0. The van der Waals surface area contributed by atoms with Crippen LogP contribution in [-0.2, 0) is 5.41 Å². The lowest BCUT2D eigenvalue weighted by molar-refractivity contribution is 0.589. The minimum absolute atomic E-state index is 0.185. The SMILES string of the molecule is [2H]c1c([2H])c(C(C)(C)C)c([2H])c(C)c1C(C)C. The summed E-state index contributed by atoms with van der Waals surface area (Å²) in [5.41, 5.74) is 2.12. The molecule has 78 valence electrons. The van der Waals surface area contributed by atoms with Crippen molar-refractivity contribution in [2.45, 2.75) is 52.9 Å². The van der Waals surface area contributed by atoms with Gasteiger partial charge in [-0.25, -0.2) is 0 Å². The third-order valence-electron chi connectivity index (χ3n) is 2.37. The van der Waals surface area contributed by atoms with E-state index in [4.69, 9.17) is 4.11 Å². The molecule has 0 fully saturated rings. The molecule has 0 aromatic heterocycles. The highest BCUT2D eigenvalue weighted by molar-refractivity contribution is 5.35. The van der Waals surface area contributed by atoms with Gasteiger partial charge in [0, 0.05) is 0 Å². The summed E-state index contributed by atoms with van der Waals surface area (Å²) < 4.78 is 24.4. The van der Waals surface area contributed by atoms with Crippen molar-refractivity contribution in [1.29, 1.82) is 0 Å². The molecule has 14 heavy (non-hydrogen) atoms. The van der Waals surface area contributed by atoms with Crippen LogP contribution < -0.4 is 0 Å². The molecular weight excluding hydrogens is 168 g/mol. The van der Waals surface area contributed by atoms with Crippen molar-refractivity contribution < 1.29 is 4.11 Å². The summed E-state index contributed by atoms with van der Waals surface area (Å²) in [6.07, 6.45) is 0. The van der Waals surface area contributed by atoms with Crippen LogP contribution >= 0.6 is 0 Å². The van der Waals surface area contributed by atoms with Crippen LogP contribution in [0.1, 0.15) is 61.3 Å². The fraction of sp³-hybridized carbons (Fsp3) is 0.571. The van der Waals surface area contributed by atoms with Gasteiger partial charge < -0.3 is 0 Å². The van der Waals surface area contributed by atoms with Gasteiger partial charge >= 0.3 is 0 Å². The monoisotopic (exact) mass is 193 g/mol. The van der Waals surface area contributed by atoms with Gasteiger partial charge in [-0.15, -0.1) is 0 Å². The molecule has 1 aromatic rings. The molecule has 1 rings (SSSR count). The molecule has 0 heteroatoms. The Morgan fingerprint density at radius 2 is 1.79 bits per heavy atom. The number of rotatable bonds is 1. The number of hydrogen-bond donors (Lipinski definition) is 0. The van der Waals surface area contributed by atoms with Gasteiger partial charge in [-0.1, -0.05) is 52.7 Å². The minimum atomic E-state index is -0.260. The van der Waals surface area contributed by atoms with Crippen molar-refractivity contribution in [3.8, 4) is 0 Å². The molecule has 0 N–H and O–H groups in total. The average Bonchev–Trinajstić information content (AvgIpc) is 2.12. The molecule has 0 saturated heterocycles. The second-order valence-electron chi connectivity index (χ2n) is 5.19. The van der Waals surface area contributed by atoms with Crippen LogP contribution in [0.2, 0.25) is 0 Å². The van der Waals surface area contributed by atoms with Gasteiger partial charge in [0.25, 0.3) is 0 Å². The molecule has 0 unspecified atom stereocenters. The molecule has 1 aromatic carbocycles. The maximum atomic E-state index is 8.22. The largest absolute Gasteiger partial charge is 0.0629 e. The summed E-state index contributed by atoms with van der Waals surface area (Å²) in [6.45, 7) is 11.9. The maximum Gasteiger partial charge on any atom is 0.0629 e. The van der Waals surface area contributed by atoms with Crippen molar-refractivity contribution in [3.05, 3.63) is 34.8 Å². The van der Waals surface area contributed by atoms with Crippen molar-refractivity contribution in [2.24, 2.45) is 0 Å². The van der Waals surface area contributed by atoms with Crippen molar-refractivity contribution in [1.82, 2.24) is 0 Å². The minimum Gasteiger partial charge on any atom is -0.0587 e. The van der Waals surface area contributed by atoms with E-state index in [-0.39, 0.29) is 17.4 Å². The number of hydrogen-bond acceptors (Lipinski definition) is 0. The molecule has 0 atom stereocenters. The first-order valence-electron chi connectivity index (χ1n) is 6.69. The third kappa shape index (κ3) is 2.37. The third-order valence-corrected chi connectivity index (χ3v) is 2.37. The zero-order valence-corrected chi connectivity index (χ0v) is 10.1. The Morgan fingerprint density at radius 3 is 2.21 bits per heavy atom. The Morgan fingerprint density at radius 1 is 1.21 bits per heavy atom. The van der Waals surface area contributed by atoms with Crippen LogP contribution in [0, 0.1) is 6.92 Å². The lowest BCUT2D eigenvalue weighted by Crippen LogP contribution is -2.11. The van der Waals surface area contributed by atoms with Gasteiger partial charge in [-0.05, 0) is 34.9 Å². The summed E-state index contributed by atoms with van der Waals surface area (Å²) in [6, 6.07) is 0.942. The molecule has 0 bridgehead atoms. The van der Waals surface area contributed by atoms with Gasteiger partial charge in [0.2, 0.25) is 0 Å². The van der Waals surface area contributed by atoms with E-state index in [1.807, 2.05) is 41.5 Å². The van der Waals surface area contributed by atoms with E-state index >= 15 is 0 Å². The second kappa shape index (κ2) is 3.76. The van der Waals surface area contributed by atoms with E-state index in [2.05, 4.69) is 0 Å². The Labute approximate surface area is 92.6 Å². The van der Waals surface area contributed by atoms with Gasteiger partial charge in [0.1, 0.15) is 0 Å². The van der Waals surface area contributed by atoms with Crippen LogP contribution in [0.5, 0.6) is 0 Å². The van der Waals surface area contributed by atoms with Gasteiger partial charge in [-0.3, -0.25) is 0 Å². The first-order chi connectivity index (χ1) is 7.59. The molecule has 0 saturated carbocycles. The van der Waals surface area contributed by atoms with Gasteiger partial charge in [0.15, 0.2) is 0 Å². The normalized spacial score (nSPS) is 15.2. The van der Waals surface area contributed by atoms with Crippen molar-refractivity contribution in [2.75, 3.05) is 0 Å². The lowest BCUT2D eigenvalue weighted by atomic mass is 9.84. The lowest BCUT2D eigenvalue weighted by Gasteiger charge is -2.21. The fourth-order valence-electron chi connectivity index (χ4n) is 1.46. The quantitative estimate of drug-likeness (QED) is 0.619. The Balaban J connectivity index is 3.71. The molecular formula is C14H22. The van der Waals surface area contributed by atoms with Crippen LogP contribution in [0.4, 0.5) is 0 Å². The zero-order chi connectivity index (χ0) is 13.5. The van der Waals surface area contributed by atoms with Gasteiger partial charge in [0.05, 0.1) is 4.11 Å². The summed E-state index contributed by atoms with van der Waals surface area (Å²) in [4.78, 5) is 0.